The molecule has 0 radical (unpaired) electrons. The predicted octanol–water partition coefficient (Wildman–Crippen LogP) is 2.11. The Morgan fingerprint density at radius 1 is 1.45 bits per heavy atom. The van der Waals surface area contributed by atoms with E-state index in [1.165, 1.54) is 24.5 Å². The molecule has 3 rings (SSSR count). The number of anilines is 1. The maximum absolute atomic E-state index is 12.6. The standard InChI is InChI=1S/C14H10ClN3O3S/c1-17(7-19)18-8-4-5-10(15)16-12(8)11(14(18)21)13(20)9-3-2-6-22-9/h2-7,11H,1H3. The molecule has 0 saturated carbocycles. The summed E-state index contributed by atoms with van der Waals surface area (Å²) in [7, 11) is 1.43. The number of halogens is 1. The van der Waals surface area contributed by atoms with Gasteiger partial charge in [0.25, 0.3) is 5.91 Å². The van der Waals surface area contributed by atoms with Gasteiger partial charge in [-0.1, -0.05) is 17.7 Å². The number of hydrazine groups is 1. The van der Waals surface area contributed by atoms with Crippen LogP contribution in [0.15, 0.2) is 29.6 Å². The molecule has 1 unspecified atom stereocenters. The summed E-state index contributed by atoms with van der Waals surface area (Å²) in [5.41, 5.74) is 0.656. The molecule has 3 heterocycles. The van der Waals surface area contributed by atoms with E-state index in [9.17, 15) is 14.4 Å². The highest BCUT2D eigenvalue weighted by Gasteiger charge is 2.45. The number of rotatable bonds is 4. The lowest BCUT2D eigenvalue weighted by Gasteiger charge is -2.24. The third-order valence-corrected chi connectivity index (χ3v) is 4.41. The smallest absolute Gasteiger partial charge is 0.263 e. The minimum atomic E-state index is -1.09. The Bertz CT molecular complexity index is 763. The zero-order valence-corrected chi connectivity index (χ0v) is 13.0. The lowest BCUT2D eigenvalue weighted by Crippen LogP contribution is -2.43. The van der Waals surface area contributed by atoms with Gasteiger partial charge >= 0.3 is 0 Å². The molecule has 1 aliphatic heterocycles. The zero-order chi connectivity index (χ0) is 15.9. The fourth-order valence-corrected chi connectivity index (χ4v) is 3.21. The molecule has 1 atom stereocenters. The molecule has 0 saturated heterocycles. The molecular weight excluding hydrogens is 326 g/mol. The quantitative estimate of drug-likeness (QED) is 0.371. The molecule has 1 aliphatic rings. The van der Waals surface area contributed by atoms with Crippen molar-refractivity contribution in [2.45, 2.75) is 5.92 Å². The molecule has 0 N–H and O–H groups in total. The lowest BCUT2D eigenvalue weighted by molar-refractivity contribution is -0.127. The monoisotopic (exact) mass is 335 g/mol. The molecule has 0 fully saturated rings. The molecule has 112 valence electrons. The van der Waals surface area contributed by atoms with Gasteiger partial charge in [-0.05, 0) is 23.6 Å². The Kier molecular flexibility index (Phi) is 3.67. The van der Waals surface area contributed by atoms with Gasteiger partial charge in [0.2, 0.25) is 6.41 Å². The van der Waals surface area contributed by atoms with E-state index in [1.54, 1.807) is 23.6 Å². The summed E-state index contributed by atoms with van der Waals surface area (Å²) >= 11 is 7.14. The Morgan fingerprint density at radius 2 is 2.23 bits per heavy atom. The minimum absolute atomic E-state index is 0.186. The van der Waals surface area contributed by atoms with Gasteiger partial charge in [0.05, 0.1) is 16.3 Å². The van der Waals surface area contributed by atoms with Crippen LogP contribution in [0.3, 0.4) is 0 Å². The Labute approximate surface area is 134 Å². The van der Waals surface area contributed by atoms with Crippen LogP contribution >= 0.6 is 22.9 Å². The second-order valence-corrected chi connectivity index (χ2v) is 5.98. The number of carbonyl (C=O) groups is 3. The fraction of sp³-hybridized carbons (Fsp3) is 0.143. The van der Waals surface area contributed by atoms with E-state index in [0.717, 1.165) is 10.0 Å². The highest BCUT2D eigenvalue weighted by atomic mass is 35.5. The van der Waals surface area contributed by atoms with E-state index >= 15 is 0 Å². The minimum Gasteiger partial charge on any atom is -0.292 e. The van der Waals surface area contributed by atoms with Crippen molar-refractivity contribution in [2.24, 2.45) is 0 Å². The van der Waals surface area contributed by atoms with Crippen molar-refractivity contribution in [3.8, 4) is 0 Å². The van der Waals surface area contributed by atoms with E-state index in [1.807, 2.05) is 0 Å². The van der Waals surface area contributed by atoms with Crippen molar-refractivity contribution in [1.82, 2.24) is 9.99 Å². The van der Waals surface area contributed by atoms with Gasteiger partial charge in [-0.25, -0.2) is 9.99 Å². The summed E-state index contributed by atoms with van der Waals surface area (Å²) in [4.78, 5) is 40.9. The molecule has 2 aromatic heterocycles. The van der Waals surface area contributed by atoms with Gasteiger partial charge in [-0.3, -0.25) is 19.4 Å². The van der Waals surface area contributed by atoms with Gasteiger partial charge < -0.3 is 0 Å². The maximum Gasteiger partial charge on any atom is 0.263 e. The highest BCUT2D eigenvalue weighted by molar-refractivity contribution is 7.12. The van der Waals surface area contributed by atoms with Crippen LogP contribution in [0, 0.1) is 0 Å². The van der Waals surface area contributed by atoms with E-state index in [-0.39, 0.29) is 16.6 Å². The maximum atomic E-state index is 12.6. The molecule has 0 aromatic carbocycles. The summed E-state index contributed by atoms with van der Waals surface area (Å²) in [6.45, 7) is 0. The number of amides is 2. The SMILES string of the molecule is CN(C=O)N1C(=O)C(C(=O)c2cccs2)c2nc(Cl)ccc21. The number of Topliss-reactive ketones (excluding diaryl/α,β-unsaturated/α-hetero) is 1. The first-order valence-corrected chi connectivity index (χ1v) is 7.56. The average molecular weight is 336 g/mol. The van der Waals surface area contributed by atoms with Crippen molar-refractivity contribution in [3.05, 3.63) is 45.4 Å². The first-order valence-electron chi connectivity index (χ1n) is 6.30. The van der Waals surface area contributed by atoms with Crippen molar-refractivity contribution in [1.29, 1.82) is 0 Å². The Hall–Kier alpha value is -2.25. The number of hydrogen-bond acceptors (Lipinski definition) is 5. The molecule has 2 amide bonds. The third kappa shape index (κ3) is 2.18. The largest absolute Gasteiger partial charge is 0.292 e. The van der Waals surface area contributed by atoms with Gasteiger partial charge in [0, 0.05) is 7.05 Å². The van der Waals surface area contributed by atoms with Crippen molar-refractivity contribution < 1.29 is 14.4 Å². The summed E-state index contributed by atoms with van der Waals surface area (Å²) in [5.74, 6) is -1.95. The summed E-state index contributed by atoms with van der Waals surface area (Å²) in [6.07, 6.45) is 0.494. The molecular formula is C14H10ClN3O3S. The van der Waals surface area contributed by atoms with Crippen LogP contribution in [-0.4, -0.2) is 35.1 Å². The van der Waals surface area contributed by atoms with Gasteiger partial charge in [-0.2, -0.15) is 0 Å². The topological polar surface area (TPSA) is 70.6 Å². The van der Waals surface area contributed by atoms with E-state index in [4.69, 9.17) is 11.6 Å². The number of nitrogens with zero attached hydrogens (tertiary/aromatic N) is 3. The summed E-state index contributed by atoms with van der Waals surface area (Å²) in [6, 6.07) is 6.47. The van der Waals surface area contributed by atoms with E-state index < -0.39 is 11.8 Å². The molecule has 0 spiro atoms. The normalized spacial score (nSPS) is 16.5. The molecule has 0 aliphatic carbocycles. The molecule has 2 aromatic rings. The van der Waals surface area contributed by atoms with Crippen LogP contribution in [0.25, 0.3) is 0 Å². The van der Waals surface area contributed by atoms with Crippen LogP contribution in [0.1, 0.15) is 21.3 Å². The Balaban J connectivity index is 2.12. The first-order chi connectivity index (χ1) is 10.5. The second kappa shape index (κ2) is 5.51. The molecule has 22 heavy (non-hydrogen) atoms. The number of fused-ring (bicyclic) bond motifs is 1. The van der Waals surface area contributed by atoms with Crippen molar-refractivity contribution in [2.75, 3.05) is 12.1 Å². The molecule has 6 nitrogen and oxygen atoms in total. The fourth-order valence-electron chi connectivity index (χ4n) is 2.36. The zero-order valence-electron chi connectivity index (χ0n) is 11.4. The van der Waals surface area contributed by atoms with E-state index in [0.29, 0.717) is 17.0 Å². The van der Waals surface area contributed by atoms with Crippen LogP contribution in [0.5, 0.6) is 0 Å². The van der Waals surface area contributed by atoms with Crippen LogP contribution in [0.2, 0.25) is 5.15 Å². The number of ketones is 1. The van der Waals surface area contributed by atoms with Crippen molar-refractivity contribution in [3.63, 3.8) is 0 Å². The van der Waals surface area contributed by atoms with Crippen molar-refractivity contribution >= 4 is 46.7 Å². The summed E-state index contributed by atoms with van der Waals surface area (Å²) in [5, 5.41) is 4.17. The second-order valence-electron chi connectivity index (χ2n) is 4.64. The lowest BCUT2D eigenvalue weighted by atomic mass is 10.00. The van der Waals surface area contributed by atoms with Gasteiger partial charge in [0.1, 0.15) is 11.1 Å². The third-order valence-electron chi connectivity index (χ3n) is 3.32. The number of thiophene rings is 1. The summed E-state index contributed by atoms with van der Waals surface area (Å²) < 4.78 is 0. The molecule has 8 heteroatoms. The van der Waals surface area contributed by atoms with Crippen LogP contribution in [0.4, 0.5) is 5.69 Å². The van der Waals surface area contributed by atoms with Gasteiger partial charge in [0.15, 0.2) is 5.78 Å². The van der Waals surface area contributed by atoms with Crippen LogP contribution < -0.4 is 5.01 Å². The highest BCUT2D eigenvalue weighted by Crippen LogP contribution is 2.39. The average Bonchev–Trinajstić information content (AvgIpc) is 3.11. The number of pyridine rings is 1. The molecule has 0 bridgehead atoms. The van der Waals surface area contributed by atoms with Crippen LogP contribution in [-0.2, 0) is 9.59 Å². The first kappa shape index (κ1) is 14.7. The number of aromatic nitrogens is 1. The predicted molar refractivity (Wildman–Crippen MR) is 82.0 cm³/mol. The Morgan fingerprint density at radius 3 is 2.86 bits per heavy atom. The number of hydrogen-bond donors (Lipinski definition) is 0. The van der Waals surface area contributed by atoms with Gasteiger partial charge in [-0.15, -0.1) is 11.3 Å². The van der Waals surface area contributed by atoms with E-state index in [2.05, 4.69) is 4.98 Å². The number of carbonyl (C=O) groups excluding carboxylic acids is 3.